The van der Waals surface area contributed by atoms with Gasteiger partial charge in [-0.1, -0.05) is 110 Å². The first-order chi connectivity index (χ1) is 44.6. The molecule has 0 radical (unpaired) electrons. The topological polar surface area (TPSA) is 408 Å². The number of carbonyl (C=O) groups excluding carboxylic acids is 8. The van der Waals surface area contributed by atoms with Crippen molar-refractivity contribution < 1.29 is 158 Å². The summed E-state index contributed by atoms with van der Waals surface area (Å²) < 4.78 is 23.2. The Kier molecular flexibility index (Phi) is 35.2. The molecule has 0 saturated carbocycles. The largest absolute Gasteiger partial charge is 1.00 e. The Morgan fingerprint density at radius 3 is 1.45 bits per heavy atom. The van der Waals surface area contributed by atoms with Crippen molar-refractivity contribution in [2.24, 2.45) is 0 Å². The third kappa shape index (κ3) is 24.0. The number of thioether (sulfide) groups is 1. The minimum Gasteiger partial charge on any atom is -0.870 e. The molecule has 2 heterocycles. The predicted octanol–water partition coefficient (Wildman–Crippen LogP) is -3.87. The molecule has 0 bridgehead atoms. The van der Waals surface area contributed by atoms with Gasteiger partial charge in [-0.15, -0.1) is 0 Å². The van der Waals surface area contributed by atoms with Gasteiger partial charge in [0.15, 0.2) is 5.78 Å². The summed E-state index contributed by atoms with van der Waals surface area (Å²) in [6, 6.07) is 36.1. The standard InChI is InChI=1S/C68H82N5O19S.2Na.H2O/c1-42(75)72-57-53(78)37-67(41-74,91-61(57)59(82)55(80)39-70-64(85)50-26-20-46(21-27-50)44-15-7-5-8-16-44)89-33-12-4-3-11-32-69-63(84)49-30-24-48(25-31-49)52(77)19-13-35-93-36-14-34-90-68(66(87)88)38-54(79)58(73-43(2)76)62(92-68)60(83)56(81)40-71-65(86)51-28-22-47(23-29-51)45-17-9-6-10-18-45;;;/h5-10,15-18,20-31,53-62,78-83H,3-4,11-14,19,32-40H2,1-2H3,(H,69,84)(H,70,85)(H,71,86)(H,72,75)(H,73,76)(H,87,88);;;1H2/q-1;2*+1;/p-2/t53-,54-,55+,56+,57+,58+,59+,60+,61+,62+,67+,68+;;;/m0.../s1. The van der Waals surface area contributed by atoms with Crippen LogP contribution in [0.2, 0.25) is 0 Å². The zero-order chi connectivity index (χ0) is 67.1. The van der Waals surface area contributed by atoms with Gasteiger partial charge in [-0.05, 0) is 95.8 Å². The molecule has 25 nitrogen and oxygen atoms in total. The molecule has 7 rings (SSSR count). The summed E-state index contributed by atoms with van der Waals surface area (Å²) in [5.74, 6) is -8.37. The first-order valence-corrected chi connectivity index (χ1v) is 32.0. The molecule has 0 unspecified atom stereocenters. The Hall–Kier alpha value is -5.83. The Morgan fingerprint density at radius 2 is 0.969 bits per heavy atom. The van der Waals surface area contributed by atoms with E-state index in [1.54, 1.807) is 79.1 Å². The molecule has 2 saturated heterocycles. The van der Waals surface area contributed by atoms with Crippen molar-refractivity contribution in [2.45, 2.75) is 144 Å². The maximum atomic E-state index is 13.0. The second-order valence-corrected chi connectivity index (χ2v) is 24.1. The van der Waals surface area contributed by atoms with E-state index < -0.39 is 128 Å². The summed E-state index contributed by atoms with van der Waals surface area (Å²) in [6.45, 7) is 1.47. The monoisotopic (exact) mass is 1370 g/mol. The van der Waals surface area contributed by atoms with Crippen molar-refractivity contribution in [1.82, 2.24) is 26.6 Å². The summed E-state index contributed by atoms with van der Waals surface area (Å²) in [5, 5.41) is 92.3. The summed E-state index contributed by atoms with van der Waals surface area (Å²) >= 11 is 1.48. The normalized spacial score (nSPS) is 21.7. The van der Waals surface area contributed by atoms with Gasteiger partial charge in [0.1, 0.15) is 30.4 Å². The molecule has 96 heavy (non-hydrogen) atoms. The number of aliphatic hydroxyl groups excluding tert-OH is 6. The molecule has 2 aliphatic rings. The summed E-state index contributed by atoms with van der Waals surface area (Å²) in [7, 11) is 0. The van der Waals surface area contributed by atoms with E-state index in [9.17, 15) is 74.1 Å². The van der Waals surface area contributed by atoms with Crippen molar-refractivity contribution in [3.63, 3.8) is 0 Å². The number of hydrogen-bond acceptors (Lipinski definition) is 21. The molecule has 28 heteroatoms. The van der Waals surface area contributed by atoms with Crippen LogP contribution in [0.3, 0.4) is 0 Å². The maximum absolute atomic E-state index is 13.0. The second-order valence-electron chi connectivity index (χ2n) is 22.9. The van der Waals surface area contributed by atoms with Gasteiger partial charge < -0.3 is 96.3 Å². The molecular weight excluding hydrogens is 1280 g/mol. The number of hydrogen-bond donors (Lipinski definition) is 11. The van der Waals surface area contributed by atoms with Gasteiger partial charge in [-0.2, -0.15) is 11.8 Å². The molecule has 0 aliphatic carbocycles. The smallest absolute Gasteiger partial charge is 0.870 e. The van der Waals surface area contributed by atoms with Gasteiger partial charge in [0.05, 0.1) is 48.9 Å². The van der Waals surface area contributed by atoms with Crippen LogP contribution in [0.15, 0.2) is 133 Å². The number of carboxylic acid groups (broad SMARTS) is 1. The van der Waals surface area contributed by atoms with E-state index in [1.807, 2.05) is 60.7 Å². The first-order valence-electron chi connectivity index (χ1n) is 30.9. The van der Waals surface area contributed by atoms with Crippen molar-refractivity contribution >= 4 is 59.3 Å². The maximum Gasteiger partial charge on any atom is 1.00 e. The molecule has 5 aromatic rings. The molecular formula is C68H82N5Na2O20S-. The summed E-state index contributed by atoms with van der Waals surface area (Å²) in [6.07, 6.45) is -9.79. The van der Waals surface area contributed by atoms with Crippen LogP contribution in [0.25, 0.3) is 22.3 Å². The van der Waals surface area contributed by atoms with Crippen molar-refractivity contribution in [3.05, 3.63) is 156 Å². The van der Waals surface area contributed by atoms with E-state index in [1.165, 1.54) is 18.7 Å². The van der Waals surface area contributed by atoms with Crippen LogP contribution in [-0.2, 0) is 38.1 Å². The van der Waals surface area contributed by atoms with Crippen LogP contribution < -0.4 is 90.8 Å². The summed E-state index contributed by atoms with van der Waals surface area (Å²) in [4.78, 5) is 101. The number of carbonyl (C=O) groups is 7. The first kappa shape index (κ1) is 82.6. The van der Waals surface area contributed by atoms with Gasteiger partial charge in [0.2, 0.25) is 17.6 Å². The number of rotatable bonds is 35. The van der Waals surface area contributed by atoms with E-state index >= 15 is 0 Å². The second kappa shape index (κ2) is 40.9. The van der Waals surface area contributed by atoms with E-state index in [2.05, 4.69) is 26.6 Å². The Balaban J connectivity index is 0.00000653. The fraction of sp³-hybridized carbons (Fsp3) is 0.441. The number of aliphatic carboxylic acids is 1. The zero-order valence-electron chi connectivity index (χ0n) is 54.1. The third-order valence-corrected chi connectivity index (χ3v) is 17.0. The molecule has 12 N–H and O–H groups in total. The quantitative estimate of drug-likeness (QED) is 0.00800. The number of benzene rings is 5. The van der Waals surface area contributed by atoms with Gasteiger partial charge >= 0.3 is 59.1 Å². The number of unbranched alkanes of at least 4 members (excludes halogenated alkanes) is 3. The van der Waals surface area contributed by atoms with Gasteiger partial charge in [0.25, 0.3) is 17.7 Å². The Labute approximate surface area is 605 Å². The molecule has 0 aromatic heterocycles. The van der Waals surface area contributed by atoms with Gasteiger partial charge in [-0.25, -0.2) is 6.29 Å². The minimum absolute atomic E-state index is 0. The van der Waals surface area contributed by atoms with E-state index in [0.29, 0.717) is 73.3 Å². The van der Waals surface area contributed by atoms with Crippen molar-refractivity contribution in [2.75, 3.05) is 44.4 Å². The number of ether oxygens (including phenoxy) is 4. The minimum atomic E-state index is -2.58. The predicted molar refractivity (Wildman–Crippen MR) is 341 cm³/mol. The average molecular weight is 1370 g/mol. The van der Waals surface area contributed by atoms with Crippen LogP contribution in [0.1, 0.15) is 113 Å². The Morgan fingerprint density at radius 1 is 0.552 bits per heavy atom. The number of nitrogens with one attached hydrogen (secondary N) is 5. The number of amides is 5. The fourth-order valence-corrected chi connectivity index (χ4v) is 11.7. The molecule has 2 fully saturated rings. The van der Waals surface area contributed by atoms with E-state index in [4.69, 9.17) is 18.9 Å². The van der Waals surface area contributed by atoms with Crippen molar-refractivity contribution in [3.8, 4) is 22.3 Å². The molecule has 12 atom stereocenters. The summed E-state index contributed by atoms with van der Waals surface area (Å²) in [5.41, 5.74) is 5.00. The SMILES string of the molecule is CC(=O)N[C@H]1[C@H]([C@H](O)[C@H](O)CNC(=O)c2ccc(-c3ccccc3)cc2)O[C@]([C-]=O)(OCCCCCCNC(=O)c2ccc(C(=O)CCCSCCCO[C@]3(C(=O)[O-])C[C@H](O)[C@@H](NC(C)=O)[C@H]([C@H](O)[C@H](O)CNC(=O)c4ccc(-c5ccccc5)cc4)O3)cc2)C[C@@H]1O.[Na+].[Na+].[OH-]. The molecule has 0 spiro atoms. The zero-order valence-corrected chi connectivity index (χ0v) is 59.0. The van der Waals surface area contributed by atoms with Crippen LogP contribution in [0.4, 0.5) is 0 Å². The third-order valence-electron chi connectivity index (χ3n) is 15.9. The molecule has 5 amide bonds. The molecule has 2 aliphatic heterocycles. The average Bonchev–Trinajstić information content (AvgIpc) is 0.780. The van der Waals surface area contributed by atoms with E-state index in [-0.39, 0.29) is 101 Å². The number of aliphatic hydroxyl groups is 6. The fourth-order valence-electron chi connectivity index (χ4n) is 10.9. The number of ketones is 1. The molecule has 5 aromatic carbocycles. The molecule has 508 valence electrons. The Bertz CT molecular complexity index is 3280. The van der Waals surface area contributed by atoms with Gasteiger partial charge in [0, 0.05) is 81.6 Å². The number of Topliss-reactive ketones (excluding diaryl/α,β-unsaturated/α-hetero) is 1. The van der Waals surface area contributed by atoms with Crippen molar-refractivity contribution in [1.29, 1.82) is 0 Å². The van der Waals surface area contributed by atoms with E-state index in [0.717, 1.165) is 29.2 Å². The number of carboxylic acids is 1. The van der Waals surface area contributed by atoms with Crippen LogP contribution in [0, 0.1) is 0 Å². The van der Waals surface area contributed by atoms with Crippen LogP contribution in [0.5, 0.6) is 0 Å². The van der Waals surface area contributed by atoms with Gasteiger partial charge in [-0.3, -0.25) is 28.8 Å². The van der Waals surface area contributed by atoms with Crippen LogP contribution >= 0.6 is 11.8 Å². The van der Waals surface area contributed by atoms with Crippen LogP contribution in [-0.4, -0.2) is 201 Å².